The van der Waals surface area contributed by atoms with Crippen molar-refractivity contribution >= 4 is 39.1 Å². The number of hydrogen-bond donors (Lipinski definition) is 1. The van der Waals surface area contributed by atoms with Crippen LogP contribution in [0.4, 0.5) is 10.1 Å². The van der Waals surface area contributed by atoms with Crippen LogP contribution in [0.15, 0.2) is 34.9 Å². The lowest BCUT2D eigenvalue weighted by molar-refractivity contribution is 0.102. The lowest BCUT2D eigenvalue weighted by Gasteiger charge is -2.07. The number of pyridine rings is 1. The maximum atomic E-state index is 13.1. The fourth-order valence-corrected chi connectivity index (χ4v) is 2.14. The number of anilines is 1. The minimum atomic E-state index is -0.395. The molecule has 0 aliphatic rings. The molecule has 0 spiro atoms. The van der Waals surface area contributed by atoms with E-state index in [1.54, 1.807) is 13.0 Å². The molecule has 0 radical (unpaired) electrons. The van der Waals surface area contributed by atoms with Gasteiger partial charge in [0.2, 0.25) is 0 Å². The predicted octanol–water partition coefficient (Wildman–Crippen LogP) is 4.20. The Labute approximate surface area is 122 Å². The third kappa shape index (κ3) is 3.30. The molecule has 1 heterocycles. The van der Waals surface area contributed by atoms with Crippen LogP contribution in [0.5, 0.6) is 0 Å². The lowest BCUT2D eigenvalue weighted by Crippen LogP contribution is -2.13. The molecule has 0 aliphatic carbocycles. The molecule has 0 fully saturated rings. The number of nitrogens with one attached hydrogen (secondary N) is 1. The molecular formula is C13H9BrClFN2O. The number of rotatable bonds is 2. The molecule has 0 saturated carbocycles. The third-order valence-electron chi connectivity index (χ3n) is 2.41. The van der Waals surface area contributed by atoms with Gasteiger partial charge < -0.3 is 5.32 Å². The van der Waals surface area contributed by atoms with Gasteiger partial charge in [0, 0.05) is 17.6 Å². The molecule has 0 unspecified atom stereocenters. The zero-order chi connectivity index (χ0) is 14.0. The van der Waals surface area contributed by atoms with Crippen molar-refractivity contribution < 1.29 is 9.18 Å². The van der Waals surface area contributed by atoms with Crippen LogP contribution < -0.4 is 5.32 Å². The average molecular weight is 344 g/mol. The van der Waals surface area contributed by atoms with Crippen LogP contribution >= 0.6 is 27.5 Å². The van der Waals surface area contributed by atoms with Crippen LogP contribution in [0.1, 0.15) is 16.1 Å². The number of carbonyl (C=O) groups excluding carboxylic acids is 1. The first-order valence-electron chi connectivity index (χ1n) is 5.36. The molecule has 1 N–H and O–H groups in total. The number of aromatic nitrogens is 1. The third-order valence-corrected chi connectivity index (χ3v) is 3.33. The molecule has 0 bridgehead atoms. The van der Waals surface area contributed by atoms with Gasteiger partial charge in [-0.2, -0.15) is 0 Å². The highest BCUT2D eigenvalue weighted by Gasteiger charge is 2.12. The first-order valence-corrected chi connectivity index (χ1v) is 6.53. The van der Waals surface area contributed by atoms with Crippen molar-refractivity contribution in [2.24, 2.45) is 0 Å². The summed E-state index contributed by atoms with van der Waals surface area (Å²) in [6, 6.07) is 5.81. The van der Waals surface area contributed by atoms with Gasteiger partial charge in [-0.05, 0) is 47.1 Å². The standard InChI is InChI=1S/C13H9BrClFN2O/c1-7-4-11(15)9(6-17-7)13(19)18-8-2-3-12(16)10(14)5-8/h2-6H,1H3,(H,18,19). The van der Waals surface area contributed by atoms with Crippen LogP contribution in [0.3, 0.4) is 0 Å². The molecule has 0 atom stereocenters. The monoisotopic (exact) mass is 342 g/mol. The normalized spacial score (nSPS) is 10.3. The van der Waals surface area contributed by atoms with E-state index < -0.39 is 11.7 Å². The molecule has 1 aromatic heterocycles. The first-order chi connectivity index (χ1) is 8.97. The zero-order valence-electron chi connectivity index (χ0n) is 9.88. The highest BCUT2D eigenvalue weighted by molar-refractivity contribution is 9.10. The second-order valence-electron chi connectivity index (χ2n) is 3.89. The van der Waals surface area contributed by atoms with Gasteiger partial charge >= 0.3 is 0 Å². The number of amides is 1. The quantitative estimate of drug-likeness (QED) is 0.888. The van der Waals surface area contributed by atoms with E-state index in [0.717, 1.165) is 5.69 Å². The fourth-order valence-electron chi connectivity index (χ4n) is 1.47. The summed E-state index contributed by atoms with van der Waals surface area (Å²) in [5.41, 5.74) is 1.47. The van der Waals surface area contributed by atoms with Crippen LogP contribution in [0.25, 0.3) is 0 Å². The molecule has 6 heteroatoms. The van der Waals surface area contributed by atoms with Gasteiger partial charge in [-0.15, -0.1) is 0 Å². The van der Waals surface area contributed by atoms with E-state index in [0.29, 0.717) is 10.7 Å². The highest BCUT2D eigenvalue weighted by Crippen LogP contribution is 2.22. The second kappa shape index (κ2) is 5.67. The first kappa shape index (κ1) is 14.0. The number of halogens is 3. The van der Waals surface area contributed by atoms with E-state index in [1.807, 2.05) is 0 Å². The highest BCUT2D eigenvalue weighted by atomic mass is 79.9. The molecular weight excluding hydrogens is 335 g/mol. The van der Waals surface area contributed by atoms with Crippen LogP contribution in [0.2, 0.25) is 5.02 Å². The summed E-state index contributed by atoms with van der Waals surface area (Å²) in [7, 11) is 0. The SMILES string of the molecule is Cc1cc(Cl)c(C(=O)Nc2ccc(F)c(Br)c2)cn1. The predicted molar refractivity (Wildman–Crippen MR) is 76.0 cm³/mol. The van der Waals surface area contributed by atoms with Crippen LogP contribution in [0, 0.1) is 12.7 Å². The van der Waals surface area contributed by atoms with E-state index in [4.69, 9.17) is 11.6 Å². The number of hydrogen-bond acceptors (Lipinski definition) is 2. The van der Waals surface area contributed by atoms with E-state index in [-0.39, 0.29) is 10.0 Å². The molecule has 0 aliphatic heterocycles. The number of carbonyl (C=O) groups is 1. The smallest absolute Gasteiger partial charge is 0.258 e. The average Bonchev–Trinajstić information content (AvgIpc) is 2.33. The number of aryl methyl sites for hydroxylation is 1. The van der Waals surface area contributed by atoms with Crippen molar-refractivity contribution in [2.75, 3.05) is 5.32 Å². The summed E-state index contributed by atoms with van der Waals surface area (Å²) in [5.74, 6) is -0.788. The van der Waals surface area contributed by atoms with E-state index in [9.17, 15) is 9.18 Å². The molecule has 0 saturated heterocycles. The van der Waals surface area contributed by atoms with Crippen molar-refractivity contribution in [1.29, 1.82) is 0 Å². The maximum Gasteiger partial charge on any atom is 0.258 e. The van der Waals surface area contributed by atoms with Crippen molar-refractivity contribution in [1.82, 2.24) is 4.98 Å². The lowest BCUT2D eigenvalue weighted by atomic mass is 10.2. The summed E-state index contributed by atoms with van der Waals surface area (Å²) in [6.07, 6.45) is 1.41. The Morgan fingerprint density at radius 1 is 1.42 bits per heavy atom. The Balaban J connectivity index is 2.23. The van der Waals surface area contributed by atoms with Gasteiger partial charge in [-0.1, -0.05) is 11.6 Å². The summed E-state index contributed by atoms with van der Waals surface area (Å²) in [4.78, 5) is 16.0. The van der Waals surface area contributed by atoms with Gasteiger partial charge in [0.15, 0.2) is 0 Å². The van der Waals surface area contributed by atoms with Gasteiger partial charge in [0.05, 0.1) is 15.1 Å². The largest absolute Gasteiger partial charge is 0.322 e. The van der Waals surface area contributed by atoms with Gasteiger partial charge in [-0.25, -0.2) is 4.39 Å². The second-order valence-corrected chi connectivity index (χ2v) is 5.15. The van der Waals surface area contributed by atoms with Crippen molar-refractivity contribution in [2.45, 2.75) is 6.92 Å². The number of benzene rings is 1. The zero-order valence-corrected chi connectivity index (χ0v) is 12.2. The molecule has 2 rings (SSSR count). The van der Waals surface area contributed by atoms with E-state index in [1.165, 1.54) is 24.4 Å². The van der Waals surface area contributed by atoms with Gasteiger partial charge in [0.25, 0.3) is 5.91 Å². The minimum Gasteiger partial charge on any atom is -0.322 e. The van der Waals surface area contributed by atoms with Crippen LogP contribution in [-0.2, 0) is 0 Å². The summed E-state index contributed by atoms with van der Waals surface area (Å²) in [5, 5.41) is 2.95. The van der Waals surface area contributed by atoms with Gasteiger partial charge in [0.1, 0.15) is 5.82 Å². The van der Waals surface area contributed by atoms with Crippen molar-refractivity contribution in [3.05, 3.63) is 57.0 Å². The Morgan fingerprint density at radius 2 is 2.16 bits per heavy atom. The van der Waals surface area contributed by atoms with Crippen molar-refractivity contribution in [3.8, 4) is 0 Å². The molecule has 1 aromatic carbocycles. The summed E-state index contributed by atoms with van der Waals surface area (Å²) in [6.45, 7) is 1.78. The Kier molecular flexibility index (Phi) is 4.17. The fraction of sp³-hybridized carbons (Fsp3) is 0.0769. The molecule has 1 amide bonds. The molecule has 98 valence electrons. The Hall–Kier alpha value is -1.46. The Bertz CT molecular complexity index is 649. The van der Waals surface area contributed by atoms with E-state index in [2.05, 4.69) is 26.2 Å². The minimum absolute atomic E-state index is 0.271. The molecule has 2 aromatic rings. The van der Waals surface area contributed by atoms with Crippen molar-refractivity contribution in [3.63, 3.8) is 0 Å². The van der Waals surface area contributed by atoms with Gasteiger partial charge in [-0.3, -0.25) is 9.78 Å². The van der Waals surface area contributed by atoms with Crippen LogP contribution in [-0.4, -0.2) is 10.9 Å². The Morgan fingerprint density at radius 3 is 2.79 bits per heavy atom. The summed E-state index contributed by atoms with van der Waals surface area (Å²) >= 11 is 9.03. The van der Waals surface area contributed by atoms with E-state index >= 15 is 0 Å². The maximum absolute atomic E-state index is 13.1. The number of nitrogens with zero attached hydrogens (tertiary/aromatic N) is 1. The molecule has 19 heavy (non-hydrogen) atoms. The molecule has 3 nitrogen and oxygen atoms in total. The summed E-state index contributed by atoms with van der Waals surface area (Å²) < 4.78 is 13.4. The topological polar surface area (TPSA) is 42.0 Å².